The van der Waals surface area contributed by atoms with Crippen molar-refractivity contribution in [3.63, 3.8) is 0 Å². The number of benzene rings is 1. The predicted octanol–water partition coefficient (Wildman–Crippen LogP) is 3.71. The molecule has 0 aliphatic heterocycles. The highest BCUT2D eigenvalue weighted by molar-refractivity contribution is 6.31. The van der Waals surface area contributed by atoms with Gasteiger partial charge in [-0.25, -0.2) is 0 Å². The molecule has 0 amide bonds. The van der Waals surface area contributed by atoms with Crippen LogP contribution in [0, 0.1) is 0 Å². The van der Waals surface area contributed by atoms with Gasteiger partial charge < -0.3 is 0 Å². The third-order valence-electron chi connectivity index (χ3n) is 3.13. The van der Waals surface area contributed by atoms with Gasteiger partial charge in [0, 0.05) is 36.0 Å². The van der Waals surface area contributed by atoms with Crippen LogP contribution in [0.25, 0.3) is 10.9 Å². The number of nitrogens with zero attached hydrogens (tertiary/aromatic N) is 2. The number of Topliss-reactive ketones (excluding diaryl/α,β-unsaturated/α-hetero) is 1. The van der Waals surface area contributed by atoms with Crippen LogP contribution < -0.4 is 0 Å². The zero-order chi connectivity index (χ0) is 13.9. The summed E-state index contributed by atoms with van der Waals surface area (Å²) in [7, 11) is 0. The Morgan fingerprint density at radius 3 is 2.90 bits per heavy atom. The van der Waals surface area contributed by atoms with Crippen LogP contribution in [0.5, 0.6) is 0 Å². The monoisotopic (exact) mass is 282 g/mol. The average molecular weight is 283 g/mol. The first kappa shape index (κ1) is 12.8. The number of halogens is 1. The lowest BCUT2D eigenvalue weighted by Gasteiger charge is -2.04. The van der Waals surface area contributed by atoms with E-state index in [1.807, 2.05) is 24.3 Å². The first-order valence-electron chi connectivity index (χ1n) is 6.20. The number of carbonyl (C=O) groups excluding carboxylic acids is 1. The molecule has 3 nitrogen and oxygen atoms in total. The van der Waals surface area contributed by atoms with Gasteiger partial charge in [0.25, 0.3) is 0 Å². The van der Waals surface area contributed by atoms with Gasteiger partial charge in [0.2, 0.25) is 0 Å². The van der Waals surface area contributed by atoms with Crippen LogP contribution in [-0.2, 0) is 6.42 Å². The minimum Gasteiger partial charge on any atom is -0.294 e. The van der Waals surface area contributed by atoms with Gasteiger partial charge in [-0.15, -0.1) is 0 Å². The van der Waals surface area contributed by atoms with Gasteiger partial charge in [-0.3, -0.25) is 14.8 Å². The molecule has 4 heteroatoms. The molecule has 98 valence electrons. The Balaban J connectivity index is 1.91. The summed E-state index contributed by atoms with van der Waals surface area (Å²) in [4.78, 5) is 20.5. The van der Waals surface area contributed by atoms with Crippen molar-refractivity contribution in [2.24, 2.45) is 0 Å². The predicted molar refractivity (Wildman–Crippen MR) is 79.0 cm³/mol. The number of aromatic nitrogens is 2. The summed E-state index contributed by atoms with van der Waals surface area (Å²) < 4.78 is 0. The normalized spacial score (nSPS) is 10.7. The molecule has 0 bridgehead atoms. The summed E-state index contributed by atoms with van der Waals surface area (Å²) in [5, 5.41) is 1.47. The molecule has 0 aliphatic rings. The topological polar surface area (TPSA) is 42.9 Å². The van der Waals surface area contributed by atoms with E-state index >= 15 is 0 Å². The smallest absolute Gasteiger partial charge is 0.167 e. The van der Waals surface area contributed by atoms with Crippen LogP contribution in [0.4, 0.5) is 0 Å². The standard InChI is InChI=1S/C16H11ClN2O/c17-14-10-18-7-5-11(14)9-16(20)13-3-4-15-12(8-13)2-1-6-19-15/h1-8,10H,9H2. The van der Waals surface area contributed by atoms with Crippen LogP contribution in [0.2, 0.25) is 5.02 Å². The quantitative estimate of drug-likeness (QED) is 0.688. The van der Waals surface area contributed by atoms with Crippen LogP contribution in [0.15, 0.2) is 55.0 Å². The maximum Gasteiger partial charge on any atom is 0.167 e. The van der Waals surface area contributed by atoms with E-state index < -0.39 is 0 Å². The van der Waals surface area contributed by atoms with E-state index in [-0.39, 0.29) is 12.2 Å². The molecule has 1 aromatic carbocycles. The van der Waals surface area contributed by atoms with Crippen molar-refractivity contribution in [2.45, 2.75) is 6.42 Å². The van der Waals surface area contributed by atoms with Crippen LogP contribution in [0.3, 0.4) is 0 Å². The zero-order valence-corrected chi connectivity index (χ0v) is 11.3. The van der Waals surface area contributed by atoms with Crippen LogP contribution in [0.1, 0.15) is 15.9 Å². The summed E-state index contributed by atoms with van der Waals surface area (Å²) in [5.74, 6) is 0.0313. The Morgan fingerprint density at radius 2 is 2.05 bits per heavy atom. The van der Waals surface area contributed by atoms with E-state index in [1.165, 1.54) is 0 Å². The second-order valence-electron chi connectivity index (χ2n) is 4.48. The third-order valence-corrected chi connectivity index (χ3v) is 3.47. The van der Waals surface area contributed by atoms with Gasteiger partial charge in [-0.2, -0.15) is 0 Å². The minimum absolute atomic E-state index is 0.0313. The number of hydrogen-bond donors (Lipinski definition) is 0. The van der Waals surface area contributed by atoms with Crippen molar-refractivity contribution in [1.29, 1.82) is 0 Å². The second-order valence-corrected chi connectivity index (χ2v) is 4.89. The summed E-state index contributed by atoms with van der Waals surface area (Å²) in [6.45, 7) is 0. The molecule has 0 unspecified atom stereocenters. The van der Waals surface area contributed by atoms with E-state index in [9.17, 15) is 4.79 Å². The van der Waals surface area contributed by atoms with Gasteiger partial charge in [-0.1, -0.05) is 17.7 Å². The van der Waals surface area contributed by atoms with Gasteiger partial charge in [0.1, 0.15) is 0 Å². The molecule has 3 rings (SSSR count). The van der Waals surface area contributed by atoms with E-state index in [2.05, 4.69) is 9.97 Å². The Bertz CT molecular complexity index is 786. The number of pyridine rings is 2. The van der Waals surface area contributed by atoms with Gasteiger partial charge in [0.15, 0.2) is 5.78 Å². The molecule has 0 spiro atoms. The number of fused-ring (bicyclic) bond motifs is 1. The van der Waals surface area contributed by atoms with Crippen molar-refractivity contribution in [1.82, 2.24) is 9.97 Å². The van der Waals surface area contributed by atoms with Crippen molar-refractivity contribution in [3.8, 4) is 0 Å². The molecule has 2 heterocycles. The summed E-state index contributed by atoms with van der Waals surface area (Å²) >= 11 is 6.03. The Kier molecular flexibility index (Phi) is 3.44. The Morgan fingerprint density at radius 1 is 1.15 bits per heavy atom. The fraction of sp³-hybridized carbons (Fsp3) is 0.0625. The second kappa shape index (κ2) is 5.39. The molecule has 0 radical (unpaired) electrons. The summed E-state index contributed by atoms with van der Waals surface area (Å²) in [5.41, 5.74) is 2.34. The number of carbonyl (C=O) groups is 1. The van der Waals surface area contributed by atoms with Gasteiger partial charge >= 0.3 is 0 Å². The lowest BCUT2D eigenvalue weighted by Crippen LogP contribution is -2.04. The highest BCUT2D eigenvalue weighted by Gasteiger charge is 2.10. The van der Waals surface area contributed by atoms with Crippen molar-refractivity contribution >= 4 is 28.3 Å². The van der Waals surface area contributed by atoms with Crippen molar-refractivity contribution in [2.75, 3.05) is 0 Å². The summed E-state index contributed by atoms with van der Waals surface area (Å²) in [6, 6.07) is 11.1. The molecule has 0 saturated heterocycles. The molecule has 0 atom stereocenters. The largest absolute Gasteiger partial charge is 0.294 e. The molecule has 20 heavy (non-hydrogen) atoms. The molecule has 0 saturated carbocycles. The molecule has 0 N–H and O–H groups in total. The van der Waals surface area contributed by atoms with E-state index in [1.54, 1.807) is 30.7 Å². The number of hydrogen-bond acceptors (Lipinski definition) is 3. The molecule has 2 aromatic heterocycles. The molecule has 0 aliphatic carbocycles. The van der Waals surface area contributed by atoms with E-state index in [0.29, 0.717) is 10.6 Å². The van der Waals surface area contributed by atoms with E-state index in [4.69, 9.17) is 11.6 Å². The lowest BCUT2D eigenvalue weighted by molar-refractivity contribution is 0.0993. The highest BCUT2D eigenvalue weighted by atomic mass is 35.5. The molecule has 3 aromatic rings. The number of ketones is 1. The van der Waals surface area contributed by atoms with Crippen LogP contribution >= 0.6 is 11.6 Å². The van der Waals surface area contributed by atoms with Crippen LogP contribution in [-0.4, -0.2) is 15.8 Å². The Labute approximate surface area is 121 Å². The molecular weight excluding hydrogens is 272 g/mol. The minimum atomic E-state index is 0.0313. The summed E-state index contributed by atoms with van der Waals surface area (Å²) in [6.07, 6.45) is 5.20. The average Bonchev–Trinajstić information content (AvgIpc) is 2.49. The third kappa shape index (κ3) is 2.53. The van der Waals surface area contributed by atoms with Crippen molar-refractivity contribution in [3.05, 3.63) is 71.1 Å². The maximum absolute atomic E-state index is 12.3. The fourth-order valence-electron chi connectivity index (χ4n) is 2.07. The lowest BCUT2D eigenvalue weighted by atomic mass is 10.0. The number of rotatable bonds is 3. The zero-order valence-electron chi connectivity index (χ0n) is 10.6. The first-order chi connectivity index (χ1) is 9.74. The molecule has 0 fully saturated rings. The Hall–Kier alpha value is -2.26. The van der Waals surface area contributed by atoms with Gasteiger partial charge in [0.05, 0.1) is 10.5 Å². The maximum atomic E-state index is 12.3. The fourth-order valence-corrected chi connectivity index (χ4v) is 2.26. The van der Waals surface area contributed by atoms with Crippen molar-refractivity contribution < 1.29 is 4.79 Å². The highest BCUT2D eigenvalue weighted by Crippen LogP contribution is 2.18. The van der Waals surface area contributed by atoms with E-state index in [0.717, 1.165) is 16.5 Å². The SMILES string of the molecule is O=C(Cc1ccncc1Cl)c1ccc2ncccc2c1. The van der Waals surface area contributed by atoms with Gasteiger partial charge in [-0.05, 0) is 35.9 Å². The first-order valence-corrected chi connectivity index (χ1v) is 6.58. The molecular formula is C16H11ClN2O.